The van der Waals surface area contributed by atoms with Gasteiger partial charge in [0.15, 0.2) is 0 Å². The van der Waals surface area contributed by atoms with E-state index < -0.39 is 0 Å². The van der Waals surface area contributed by atoms with E-state index in [4.69, 9.17) is 5.73 Å². The first-order valence-corrected chi connectivity index (χ1v) is 4.56. The first-order chi connectivity index (χ1) is 5.74. The van der Waals surface area contributed by atoms with Crippen LogP contribution >= 0.6 is 12.4 Å². The summed E-state index contributed by atoms with van der Waals surface area (Å²) in [4.78, 5) is 10.8. The Balaban J connectivity index is 0.00000144. The Kier molecular flexibility index (Phi) is 6.08. The van der Waals surface area contributed by atoms with Gasteiger partial charge >= 0.3 is 5.97 Å². The molecule has 1 saturated carbocycles. The average molecular weight is 208 g/mol. The van der Waals surface area contributed by atoms with Gasteiger partial charge in [-0.05, 0) is 25.2 Å². The van der Waals surface area contributed by atoms with Gasteiger partial charge in [-0.3, -0.25) is 4.79 Å². The minimum absolute atomic E-state index is 0. The van der Waals surface area contributed by atoms with Crippen LogP contribution in [0.3, 0.4) is 0 Å². The van der Waals surface area contributed by atoms with Crippen LogP contribution in [0.5, 0.6) is 0 Å². The normalized spacial score (nSPS) is 26.6. The number of halogens is 1. The summed E-state index contributed by atoms with van der Waals surface area (Å²) in [6, 6.07) is 0.314. The molecule has 2 atom stereocenters. The minimum Gasteiger partial charge on any atom is -0.469 e. The van der Waals surface area contributed by atoms with E-state index in [0.717, 1.165) is 12.8 Å². The maximum Gasteiger partial charge on any atom is 0.305 e. The fourth-order valence-electron chi connectivity index (χ4n) is 1.83. The van der Waals surface area contributed by atoms with Crippen LogP contribution in [0.2, 0.25) is 0 Å². The molecule has 0 aromatic carbocycles. The van der Waals surface area contributed by atoms with Crippen LogP contribution in [0, 0.1) is 5.92 Å². The monoisotopic (exact) mass is 207 g/mol. The number of nitrogens with two attached hydrogens (primary N) is 1. The molecule has 0 spiro atoms. The lowest BCUT2D eigenvalue weighted by atomic mass is 9.98. The van der Waals surface area contributed by atoms with Crippen molar-refractivity contribution in [1.29, 1.82) is 0 Å². The van der Waals surface area contributed by atoms with E-state index >= 15 is 0 Å². The Labute approximate surface area is 85.4 Å². The number of carbonyl (C=O) groups excluding carboxylic acids is 1. The minimum atomic E-state index is -0.117. The summed E-state index contributed by atoms with van der Waals surface area (Å²) in [5.41, 5.74) is 5.85. The first-order valence-electron chi connectivity index (χ1n) is 4.56. The summed E-state index contributed by atoms with van der Waals surface area (Å²) in [6.45, 7) is 0. The molecule has 0 amide bonds. The Morgan fingerprint density at radius 2 is 2.23 bits per heavy atom. The van der Waals surface area contributed by atoms with Crippen LogP contribution in [0.1, 0.15) is 32.1 Å². The second-order valence-electron chi connectivity index (χ2n) is 3.47. The molecule has 0 aliphatic heterocycles. The van der Waals surface area contributed by atoms with E-state index in [1.807, 2.05) is 0 Å². The lowest BCUT2D eigenvalue weighted by molar-refractivity contribution is -0.140. The molecule has 1 rings (SSSR count). The zero-order valence-electron chi connectivity index (χ0n) is 7.99. The predicted molar refractivity (Wildman–Crippen MR) is 53.8 cm³/mol. The van der Waals surface area contributed by atoms with Crippen molar-refractivity contribution >= 4 is 18.4 Å². The second-order valence-corrected chi connectivity index (χ2v) is 3.47. The third-order valence-electron chi connectivity index (χ3n) is 2.66. The van der Waals surface area contributed by atoms with Gasteiger partial charge in [0, 0.05) is 12.5 Å². The van der Waals surface area contributed by atoms with Crippen molar-refractivity contribution < 1.29 is 9.53 Å². The summed E-state index contributed by atoms with van der Waals surface area (Å²) in [6.07, 6.45) is 4.93. The molecule has 0 heterocycles. The number of esters is 1. The Morgan fingerprint density at radius 3 is 2.69 bits per heavy atom. The number of rotatable bonds is 3. The molecule has 1 aliphatic rings. The molecule has 3 nitrogen and oxygen atoms in total. The van der Waals surface area contributed by atoms with Crippen molar-refractivity contribution in [3.05, 3.63) is 0 Å². The number of hydrogen-bond donors (Lipinski definition) is 1. The molecule has 13 heavy (non-hydrogen) atoms. The standard InChI is InChI=1S/C9H17NO2.ClH/c1-12-9(11)6-5-7-3-2-4-8(7)10;/h7-8H,2-6,10H2,1H3;1H/t7-,8-;/m0./s1. The summed E-state index contributed by atoms with van der Waals surface area (Å²) in [5, 5.41) is 0. The highest BCUT2D eigenvalue weighted by molar-refractivity contribution is 5.85. The Bertz CT molecular complexity index is 164. The van der Waals surface area contributed by atoms with Gasteiger partial charge in [0.2, 0.25) is 0 Å². The molecule has 0 radical (unpaired) electrons. The van der Waals surface area contributed by atoms with Crippen molar-refractivity contribution in [2.24, 2.45) is 11.7 Å². The van der Waals surface area contributed by atoms with Crippen LogP contribution in [0.4, 0.5) is 0 Å². The Hall–Kier alpha value is -0.280. The third kappa shape index (κ3) is 3.96. The number of carbonyl (C=O) groups is 1. The zero-order valence-corrected chi connectivity index (χ0v) is 8.81. The van der Waals surface area contributed by atoms with Gasteiger partial charge in [0.25, 0.3) is 0 Å². The molecule has 2 N–H and O–H groups in total. The van der Waals surface area contributed by atoms with Crippen LogP contribution < -0.4 is 5.73 Å². The SMILES string of the molecule is COC(=O)CC[C@@H]1CCC[C@@H]1N.Cl. The van der Waals surface area contributed by atoms with Gasteiger partial charge < -0.3 is 10.5 Å². The van der Waals surface area contributed by atoms with E-state index in [2.05, 4.69) is 4.74 Å². The quantitative estimate of drug-likeness (QED) is 0.714. The van der Waals surface area contributed by atoms with Crippen LogP contribution in [-0.2, 0) is 9.53 Å². The van der Waals surface area contributed by atoms with Crippen molar-refractivity contribution in [3.8, 4) is 0 Å². The Morgan fingerprint density at radius 1 is 1.54 bits per heavy atom. The second kappa shape index (κ2) is 6.22. The molecule has 0 saturated heterocycles. The molecular weight excluding hydrogens is 190 g/mol. The van der Waals surface area contributed by atoms with Crippen molar-refractivity contribution in [3.63, 3.8) is 0 Å². The average Bonchev–Trinajstić information content (AvgIpc) is 2.47. The zero-order chi connectivity index (χ0) is 8.97. The van der Waals surface area contributed by atoms with E-state index in [1.54, 1.807) is 0 Å². The molecule has 0 aromatic rings. The number of methoxy groups -OCH3 is 1. The van der Waals surface area contributed by atoms with E-state index in [1.165, 1.54) is 20.0 Å². The van der Waals surface area contributed by atoms with Gasteiger partial charge in [-0.15, -0.1) is 12.4 Å². The van der Waals surface area contributed by atoms with Crippen LogP contribution in [0.25, 0.3) is 0 Å². The molecule has 0 aromatic heterocycles. The smallest absolute Gasteiger partial charge is 0.305 e. The van der Waals surface area contributed by atoms with E-state index in [-0.39, 0.29) is 18.4 Å². The van der Waals surface area contributed by atoms with E-state index in [0.29, 0.717) is 18.4 Å². The topological polar surface area (TPSA) is 52.3 Å². The van der Waals surface area contributed by atoms with E-state index in [9.17, 15) is 4.79 Å². The third-order valence-corrected chi connectivity index (χ3v) is 2.66. The molecular formula is C9H18ClNO2. The van der Waals surface area contributed by atoms with Crippen molar-refractivity contribution in [2.75, 3.05) is 7.11 Å². The highest BCUT2D eigenvalue weighted by Crippen LogP contribution is 2.27. The molecule has 1 aliphatic carbocycles. The maximum atomic E-state index is 10.8. The lowest BCUT2D eigenvalue weighted by Gasteiger charge is -2.13. The number of hydrogen-bond acceptors (Lipinski definition) is 3. The van der Waals surface area contributed by atoms with Gasteiger partial charge in [-0.2, -0.15) is 0 Å². The highest BCUT2D eigenvalue weighted by atomic mass is 35.5. The molecule has 0 unspecified atom stereocenters. The fraction of sp³-hybridized carbons (Fsp3) is 0.889. The van der Waals surface area contributed by atoms with Crippen LogP contribution in [-0.4, -0.2) is 19.1 Å². The summed E-state index contributed by atoms with van der Waals surface area (Å²) in [7, 11) is 1.43. The predicted octanol–water partition coefficient (Wildman–Crippen LogP) is 1.49. The summed E-state index contributed by atoms with van der Waals surface area (Å²) >= 11 is 0. The van der Waals surface area contributed by atoms with Gasteiger partial charge in [-0.1, -0.05) is 6.42 Å². The summed E-state index contributed by atoms with van der Waals surface area (Å²) in [5.74, 6) is 0.429. The van der Waals surface area contributed by atoms with Crippen molar-refractivity contribution in [1.82, 2.24) is 0 Å². The first kappa shape index (κ1) is 12.7. The molecule has 78 valence electrons. The highest BCUT2D eigenvalue weighted by Gasteiger charge is 2.24. The van der Waals surface area contributed by atoms with Gasteiger partial charge in [0.05, 0.1) is 7.11 Å². The largest absolute Gasteiger partial charge is 0.469 e. The molecule has 1 fully saturated rings. The molecule has 4 heteroatoms. The van der Waals surface area contributed by atoms with Crippen LogP contribution in [0.15, 0.2) is 0 Å². The number of ether oxygens (including phenoxy) is 1. The fourth-order valence-corrected chi connectivity index (χ4v) is 1.83. The summed E-state index contributed by atoms with van der Waals surface area (Å²) < 4.78 is 4.57. The van der Waals surface area contributed by atoms with Gasteiger partial charge in [-0.25, -0.2) is 0 Å². The molecule has 0 bridgehead atoms. The van der Waals surface area contributed by atoms with Gasteiger partial charge in [0.1, 0.15) is 0 Å². The van der Waals surface area contributed by atoms with Crippen molar-refractivity contribution in [2.45, 2.75) is 38.1 Å². The maximum absolute atomic E-state index is 10.8. The lowest BCUT2D eigenvalue weighted by Crippen LogP contribution is -2.24.